The SMILES string of the molecule is CN1CCN(c2nc(N)nc3c(C4CC4)coc23)CC1. The zero-order valence-corrected chi connectivity index (χ0v) is 11.7. The van der Waals surface area contributed by atoms with Gasteiger partial charge in [0, 0.05) is 31.7 Å². The molecule has 2 aromatic heterocycles. The first-order valence-corrected chi connectivity index (χ1v) is 7.20. The molecule has 0 radical (unpaired) electrons. The number of rotatable bonds is 2. The average Bonchev–Trinajstić information content (AvgIpc) is 3.19. The van der Waals surface area contributed by atoms with Gasteiger partial charge in [0.1, 0.15) is 5.52 Å². The van der Waals surface area contributed by atoms with Crippen molar-refractivity contribution in [1.29, 1.82) is 0 Å². The molecule has 4 rings (SSSR count). The number of hydrogen-bond donors (Lipinski definition) is 1. The second kappa shape index (κ2) is 4.34. The first-order chi connectivity index (χ1) is 9.72. The van der Waals surface area contributed by atoms with Crippen LogP contribution in [0.1, 0.15) is 24.3 Å². The minimum Gasteiger partial charge on any atom is -0.458 e. The van der Waals surface area contributed by atoms with Crippen LogP contribution in [0.25, 0.3) is 11.1 Å². The van der Waals surface area contributed by atoms with Gasteiger partial charge in [-0.15, -0.1) is 0 Å². The molecule has 6 heteroatoms. The van der Waals surface area contributed by atoms with Crippen LogP contribution < -0.4 is 10.6 Å². The number of furan rings is 1. The number of hydrogen-bond acceptors (Lipinski definition) is 6. The van der Waals surface area contributed by atoms with Crippen molar-refractivity contribution in [1.82, 2.24) is 14.9 Å². The third-order valence-corrected chi connectivity index (χ3v) is 4.26. The van der Waals surface area contributed by atoms with Gasteiger partial charge >= 0.3 is 0 Å². The number of nitrogens with zero attached hydrogens (tertiary/aromatic N) is 4. The van der Waals surface area contributed by atoms with Crippen molar-refractivity contribution >= 4 is 22.9 Å². The molecule has 2 aliphatic rings. The molecule has 0 amide bonds. The van der Waals surface area contributed by atoms with Crippen molar-refractivity contribution in [3.8, 4) is 0 Å². The molecule has 20 heavy (non-hydrogen) atoms. The molecule has 1 aliphatic carbocycles. The van der Waals surface area contributed by atoms with E-state index in [4.69, 9.17) is 10.2 Å². The highest BCUT2D eigenvalue weighted by molar-refractivity contribution is 5.88. The van der Waals surface area contributed by atoms with Crippen molar-refractivity contribution in [2.75, 3.05) is 43.9 Å². The Balaban J connectivity index is 1.78. The lowest BCUT2D eigenvalue weighted by Gasteiger charge is -2.33. The van der Waals surface area contributed by atoms with E-state index < -0.39 is 0 Å². The van der Waals surface area contributed by atoms with Crippen LogP contribution in [0.15, 0.2) is 10.7 Å². The fourth-order valence-electron chi connectivity index (χ4n) is 2.85. The number of piperazine rings is 1. The van der Waals surface area contributed by atoms with E-state index in [0.717, 1.165) is 43.1 Å². The summed E-state index contributed by atoms with van der Waals surface area (Å²) in [6.45, 7) is 3.95. The maximum Gasteiger partial charge on any atom is 0.222 e. The Morgan fingerprint density at radius 3 is 2.65 bits per heavy atom. The maximum atomic E-state index is 5.91. The van der Waals surface area contributed by atoms with Crippen molar-refractivity contribution in [2.24, 2.45) is 0 Å². The van der Waals surface area contributed by atoms with Gasteiger partial charge in [-0.25, -0.2) is 4.98 Å². The molecule has 106 valence electrons. The molecule has 1 aliphatic heterocycles. The van der Waals surface area contributed by atoms with Gasteiger partial charge in [0.25, 0.3) is 0 Å². The lowest BCUT2D eigenvalue weighted by atomic mass is 10.2. The molecule has 1 saturated carbocycles. The monoisotopic (exact) mass is 273 g/mol. The Morgan fingerprint density at radius 2 is 1.95 bits per heavy atom. The quantitative estimate of drug-likeness (QED) is 0.892. The average molecular weight is 273 g/mol. The molecule has 2 N–H and O–H groups in total. The van der Waals surface area contributed by atoms with Crippen LogP contribution in [-0.2, 0) is 0 Å². The van der Waals surface area contributed by atoms with E-state index in [0.29, 0.717) is 11.9 Å². The van der Waals surface area contributed by atoms with Gasteiger partial charge in [-0.05, 0) is 25.8 Å². The smallest absolute Gasteiger partial charge is 0.222 e. The largest absolute Gasteiger partial charge is 0.458 e. The highest BCUT2D eigenvalue weighted by atomic mass is 16.3. The molecule has 0 aromatic carbocycles. The molecule has 2 aromatic rings. The van der Waals surface area contributed by atoms with E-state index in [9.17, 15) is 0 Å². The Kier molecular flexibility index (Phi) is 2.60. The second-order valence-corrected chi connectivity index (χ2v) is 5.84. The van der Waals surface area contributed by atoms with Crippen LogP contribution in [0, 0.1) is 0 Å². The van der Waals surface area contributed by atoms with Crippen LogP contribution in [0.4, 0.5) is 11.8 Å². The van der Waals surface area contributed by atoms with Crippen LogP contribution in [-0.4, -0.2) is 48.1 Å². The number of nitrogen functional groups attached to an aromatic ring is 1. The van der Waals surface area contributed by atoms with Crippen LogP contribution in [0.2, 0.25) is 0 Å². The first-order valence-electron chi connectivity index (χ1n) is 7.20. The van der Waals surface area contributed by atoms with Crippen molar-refractivity contribution in [3.05, 3.63) is 11.8 Å². The topological polar surface area (TPSA) is 71.4 Å². The van der Waals surface area contributed by atoms with Gasteiger partial charge in [0.2, 0.25) is 5.95 Å². The minimum absolute atomic E-state index is 0.342. The van der Waals surface area contributed by atoms with E-state index in [1.54, 1.807) is 0 Å². The van der Waals surface area contributed by atoms with E-state index in [-0.39, 0.29) is 0 Å². The number of nitrogens with two attached hydrogens (primary N) is 1. The molecular weight excluding hydrogens is 254 g/mol. The van der Waals surface area contributed by atoms with Gasteiger partial charge < -0.3 is 20.0 Å². The summed E-state index contributed by atoms with van der Waals surface area (Å²) in [6.07, 6.45) is 4.29. The maximum absolute atomic E-state index is 5.91. The predicted octanol–water partition coefficient (Wildman–Crippen LogP) is 1.43. The highest BCUT2D eigenvalue weighted by Crippen LogP contribution is 2.44. The van der Waals surface area contributed by atoms with Crippen LogP contribution in [0.3, 0.4) is 0 Å². The van der Waals surface area contributed by atoms with Gasteiger partial charge in [0.15, 0.2) is 11.4 Å². The Labute approximate surface area is 117 Å². The van der Waals surface area contributed by atoms with E-state index >= 15 is 0 Å². The predicted molar refractivity (Wildman–Crippen MR) is 77.9 cm³/mol. The van der Waals surface area contributed by atoms with Crippen LogP contribution in [0.5, 0.6) is 0 Å². The lowest BCUT2D eigenvalue weighted by Crippen LogP contribution is -2.45. The van der Waals surface area contributed by atoms with E-state index in [1.807, 2.05) is 6.26 Å². The number of fused-ring (bicyclic) bond motifs is 1. The lowest BCUT2D eigenvalue weighted by molar-refractivity contribution is 0.312. The molecular formula is C14H19N5O. The molecule has 6 nitrogen and oxygen atoms in total. The van der Waals surface area contributed by atoms with Crippen LogP contribution >= 0.6 is 0 Å². The van der Waals surface area contributed by atoms with Crippen molar-refractivity contribution < 1.29 is 4.42 Å². The summed E-state index contributed by atoms with van der Waals surface area (Å²) in [5.41, 5.74) is 8.81. The summed E-state index contributed by atoms with van der Waals surface area (Å²) in [6, 6.07) is 0. The third kappa shape index (κ3) is 1.91. The summed E-state index contributed by atoms with van der Waals surface area (Å²) < 4.78 is 5.78. The highest BCUT2D eigenvalue weighted by Gasteiger charge is 2.30. The normalized spacial score (nSPS) is 20.8. The molecule has 0 spiro atoms. The Morgan fingerprint density at radius 1 is 1.20 bits per heavy atom. The van der Waals surface area contributed by atoms with Gasteiger partial charge in [0.05, 0.1) is 6.26 Å². The zero-order chi connectivity index (χ0) is 13.7. The first kappa shape index (κ1) is 12.0. The molecule has 0 atom stereocenters. The number of aromatic nitrogens is 2. The zero-order valence-electron chi connectivity index (χ0n) is 11.7. The summed E-state index contributed by atoms with van der Waals surface area (Å²) in [4.78, 5) is 13.4. The fourth-order valence-corrected chi connectivity index (χ4v) is 2.85. The fraction of sp³-hybridized carbons (Fsp3) is 0.571. The van der Waals surface area contributed by atoms with E-state index in [1.165, 1.54) is 18.4 Å². The molecule has 1 saturated heterocycles. The Bertz CT molecular complexity index is 640. The molecule has 0 bridgehead atoms. The standard InChI is InChI=1S/C14H19N5O/c1-18-4-6-19(7-5-18)13-12-11(16-14(15)17-13)10(8-20-12)9-2-3-9/h8-9H,2-7H2,1H3,(H2,15,16,17). The molecule has 3 heterocycles. The summed E-state index contributed by atoms with van der Waals surface area (Å²) in [7, 11) is 2.14. The second-order valence-electron chi connectivity index (χ2n) is 5.84. The van der Waals surface area contributed by atoms with Gasteiger partial charge in [-0.1, -0.05) is 0 Å². The summed E-state index contributed by atoms with van der Waals surface area (Å²) in [5.74, 6) is 1.80. The number of anilines is 2. The van der Waals surface area contributed by atoms with E-state index in [2.05, 4.69) is 26.8 Å². The summed E-state index contributed by atoms with van der Waals surface area (Å²) >= 11 is 0. The van der Waals surface area contributed by atoms with Gasteiger partial charge in [-0.2, -0.15) is 4.98 Å². The summed E-state index contributed by atoms with van der Waals surface area (Å²) in [5, 5.41) is 0. The minimum atomic E-state index is 0.342. The molecule has 2 fully saturated rings. The van der Waals surface area contributed by atoms with Crippen molar-refractivity contribution in [3.63, 3.8) is 0 Å². The van der Waals surface area contributed by atoms with Crippen molar-refractivity contribution in [2.45, 2.75) is 18.8 Å². The number of likely N-dealkylation sites (N-methyl/N-ethyl adjacent to an activating group) is 1. The molecule has 0 unspecified atom stereocenters. The van der Waals surface area contributed by atoms with Gasteiger partial charge in [-0.3, -0.25) is 0 Å². The Hall–Kier alpha value is -1.82. The third-order valence-electron chi connectivity index (χ3n) is 4.26.